The first-order chi connectivity index (χ1) is 14.9. The Morgan fingerprint density at radius 1 is 1.00 bits per heavy atom. The van der Waals surface area contributed by atoms with Crippen LogP contribution in [0.25, 0.3) is 0 Å². The summed E-state index contributed by atoms with van der Waals surface area (Å²) in [7, 11) is 1.86. The van der Waals surface area contributed by atoms with Gasteiger partial charge in [0, 0.05) is 72.5 Å². The predicted molar refractivity (Wildman–Crippen MR) is 125 cm³/mol. The van der Waals surface area contributed by atoms with E-state index in [0.29, 0.717) is 30.2 Å². The van der Waals surface area contributed by atoms with Gasteiger partial charge < -0.3 is 19.9 Å². The molecule has 0 aromatic rings. The minimum atomic E-state index is 0.297. The van der Waals surface area contributed by atoms with Gasteiger partial charge in [-0.15, -0.1) is 0 Å². The summed E-state index contributed by atoms with van der Waals surface area (Å²) >= 11 is 0. The number of hydrogen-bond acceptors (Lipinski definition) is 5. The van der Waals surface area contributed by atoms with Crippen molar-refractivity contribution in [2.24, 2.45) is 22.7 Å². The number of nitrogens with zero attached hydrogens (tertiary/aromatic N) is 5. The zero-order valence-electron chi connectivity index (χ0n) is 20.2. The fourth-order valence-corrected chi connectivity index (χ4v) is 5.16. The maximum absolute atomic E-state index is 12.8. The highest BCUT2D eigenvalue weighted by molar-refractivity contribution is 5.80. The van der Waals surface area contributed by atoms with Crippen molar-refractivity contribution in [2.45, 2.75) is 27.2 Å². The Hall–Kier alpha value is -1.38. The molecule has 31 heavy (non-hydrogen) atoms. The molecule has 0 aromatic heterocycles. The summed E-state index contributed by atoms with van der Waals surface area (Å²) in [5.74, 6) is 3.07. The summed E-state index contributed by atoms with van der Waals surface area (Å²) in [5.41, 5.74) is 0. The Kier molecular flexibility index (Phi) is 9.41. The van der Waals surface area contributed by atoms with Crippen LogP contribution in [0.1, 0.15) is 27.2 Å². The molecule has 0 radical (unpaired) electrons. The van der Waals surface area contributed by atoms with E-state index in [1.165, 1.54) is 6.42 Å². The number of piperazine rings is 1. The van der Waals surface area contributed by atoms with Crippen molar-refractivity contribution in [1.29, 1.82) is 0 Å². The lowest BCUT2D eigenvalue weighted by molar-refractivity contribution is -0.135. The molecule has 1 N–H and O–H groups in total. The molecule has 3 saturated heterocycles. The summed E-state index contributed by atoms with van der Waals surface area (Å²) in [6, 6.07) is 0. The predicted octanol–water partition coefficient (Wildman–Crippen LogP) is 0.652. The van der Waals surface area contributed by atoms with E-state index >= 15 is 0 Å². The second kappa shape index (κ2) is 12.0. The lowest BCUT2D eigenvalue weighted by atomic mass is 9.92. The molecule has 8 nitrogen and oxygen atoms in total. The Bertz CT molecular complexity index is 577. The quantitative estimate of drug-likeness (QED) is 0.487. The summed E-state index contributed by atoms with van der Waals surface area (Å²) in [4.78, 5) is 26.5. The highest BCUT2D eigenvalue weighted by Gasteiger charge is 2.28. The number of amides is 1. The Morgan fingerprint density at radius 3 is 2.26 bits per heavy atom. The minimum Gasteiger partial charge on any atom is -0.379 e. The molecular weight excluding hydrogens is 392 g/mol. The zero-order valence-corrected chi connectivity index (χ0v) is 20.2. The van der Waals surface area contributed by atoms with E-state index in [0.717, 1.165) is 84.6 Å². The zero-order chi connectivity index (χ0) is 22.2. The van der Waals surface area contributed by atoms with Crippen molar-refractivity contribution in [3.05, 3.63) is 0 Å². The van der Waals surface area contributed by atoms with Crippen molar-refractivity contribution < 1.29 is 9.53 Å². The number of rotatable bonds is 6. The largest absolute Gasteiger partial charge is 0.379 e. The van der Waals surface area contributed by atoms with Crippen LogP contribution in [0.15, 0.2) is 4.99 Å². The first-order valence-corrected chi connectivity index (χ1v) is 12.2. The lowest BCUT2D eigenvalue weighted by Gasteiger charge is -2.39. The molecule has 0 aromatic carbocycles. The minimum absolute atomic E-state index is 0.297. The third kappa shape index (κ3) is 7.61. The van der Waals surface area contributed by atoms with E-state index in [1.807, 2.05) is 7.05 Å². The molecule has 0 saturated carbocycles. The van der Waals surface area contributed by atoms with Gasteiger partial charge in [-0.25, -0.2) is 0 Å². The standard InChI is InChI=1S/C23H44N6O2/c1-19-13-20(2)17-29(16-19)22(30)18-26-5-7-28(8-6-26)23(24-4)25-14-21(3)15-27-9-11-31-12-10-27/h19-21H,5-18H2,1-4H3,(H,24,25). The molecule has 3 rings (SSSR count). The van der Waals surface area contributed by atoms with E-state index in [1.54, 1.807) is 0 Å². The fourth-order valence-electron chi connectivity index (χ4n) is 5.16. The first-order valence-electron chi connectivity index (χ1n) is 12.2. The number of morpholine rings is 1. The van der Waals surface area contributed by atoms with Crippen molar-refractivity contribution in [1.82, 2.24) is 24.9 Å². The van der Waals surface area contributed by atoms with Gasteiger partial charge in [0.25, 0.3) is 0 Å². The van der Waals surface area contributed by atoms with Crippen LogP contribution in [-0.2, 0) is 9.53 Å². The Balaban J connectivity index is 1.37. The van der Waals surface area contributed by atoms with Gasteiger partial charge in [-0.05, 0) is 24.2 Å². The van der Waals surface area contributed by atoms with Gasteiger partial charge in [0.2, 0.25) is 5.91 Å². The van der Waals surface area contributed by atoms with E-state index in [4.69, 9.17) is 4.74 Å². The highest BCUT2D eigenvalue weighted by Crippen LogP contribution is 2.21. The average Bonchev–Trinajstić information content (AvgIpc) is 2.75. The second-order valence-corrected chi connectivity index (χ2v) is 9.95. The van der Waals surface area contributed by atoms with Crippen LogP contribution < -0.4 is 5.32 Å². The van der Waals surface area contributed by atoms with Crippen LogP contribution in [0, 0.1) is 17.8 Å². The van der Waals surface area contributed by atoms with Crippen molar-refractivity contribution in [3.63, 3.8) is 0 Å². The van der Waals surface area contributed by atoms with E-state index < -0.39 is 0 Å². The van der Waals surface area contributed by atoms with E-state index in [-0.39, 0.29) is 0 Å². The third-order valence-electron chi connectivity index (χ3n) is 6.75. The number of aliphatic imine (C=N–C) groups is 1. The lowest BCUT2D eigenvalue weighted by Crippen LogP contribution is -2.55. The number of ether oxygens (including phenoxy) is 1. The molecule has 3 unspecified atom stereocenters. The van der Waals surface area contributed by atoms with Gasteiger partial charge in [0.15, 0.2) is 5.96 Å². The van der Waals surface area contributed by atoms with Crippen LogP contribution in [0.3, 0.4) is 0 Å². The van der Waals surface area contributed by atoms with Crippen molar-refractivity contribution >= 4 is 11.9 Å². The van der Waals surface area contributed by atoms with Crippen molar-refractivity contribution in [2.75, 3.05) is 92.3 Å². The maximum Gasteiger partial charge on any atom is 0.236 e. The van der Waals surface area contributed by atoms with Gasteiger partial charge in [0.05, 0.1) is 19.8 Å². The summed E-state index contributed by atoms with van der Waals surface area (Å²) in [5, 5.41) is 3.57. The van der Waals surface area contributed by atoms with Gasteiger partial charge in [-0.1, -0.05) is 20.8 Å². The molecule has 0 spiro atoms. The van der Waals surface area contributed by atoms with Crippen LogP contribution in [0.2, 0.25) is 0 Å². The topological polar surface area (TPSA) is 63.7 Å². The molecule has 0 aliphatic carbocycles. The number of hydrogen-bond donors (Lipinski definition) is 1. The maximum atomic E-state index is 12.8. The molecule has 8 heteroatoms. The number of piperidine rings is 1. The van der Waals surface area contributed by atoms with E-state index in [2.05, 4.69) is 50.7 Å². The molecule has 3 fully saturated rings. The normalized spacial score (nSPS) is 27.9. The Morgan fingerprint density at radius 2 is 1.65 bits per heavy atom. The number of guanidine groups is 1. The summed E-state index contributed by atoms with van der Waals surface area (Å²) in [6.07, 6.45) is 1.24. The van der Waals surface area contributed by atoms with Crippen LogP contribution in [-0.4, -0.2) is 124 Å². The molecule has 1 amide bonds. The molecule has 3 heterocycles. The average molecular weight is 437 g/mol. The molecule has 3 aliphatic rings. The number of carbonyl (C=O) groups excluding carboxylic acids is 1. The van der Waals surface area contributed by atoms with E-state index in [9.17, 15) is 4.79 Å². The summed E-state index contributed by atoms with van der Waals surface area (Å²) < 4.78 is 5.44. The van der Waals surface area contributed by atoms with Crippen molar-refractivity contribution in [3.8, 4) is 0 Å². The third-order valence-corrected chi connectivity index (χ3v) is 6.75. The summed E-state index contributed by atoms with van der Waals surface area (Å²) in [6.45, 7) is 18.6. The molecular formula is C23H44N6O2. The SMILES string of the molecule is CN=C(NCC(C)CN1CCOCC1)N1CCN(CC(=O)N2CC(C)CC(C)C2)CC1. The van der Waals surface area contributed by atoms with Gasteiger partial charge in [-0.2, -0.15) is 0 Å². The van der Waals surface area contributed by atoms with Crippen LogP contribution in [0.5, 0.6) is 0 Å². The molecule has 0 bridgehead atoms. The van der Waals surface area contributed by atoms with Gasteiger partial charge in [-0.3, -0.25) is 19.6 Å². The smallest absolute Gasteiger partial charge is 0.236 e. The highest BCUT2D eigenvalue weighted by atomic mass is 16.5. The molecule has 3 atom stereocenters. The monoisotopic (exact) mass is 436 g/mol. The van der Waals surface area contributed by atoms with Crippen LogP contribution in [0.4, 0.5) is 0 Å². The number of nitrogens with one attached hydrogen (secondary N) is 1. The van der Waals surface area contributed by atoms with Crippen LogP contribution >= 0.6 is 0 Å². The molecule has 178 valence electrons. The first kappa shape index (κ1) is 24.3. The fraction of sp³-hybridized carbons (Fsp3) is 0.913. The second-order valence-electron chi connectivity index (χ2n) is 9.95. The number of carbonyl (C=O) groups is 1. The van der Waals surface area contributed by atoms with Gasteiger partial charge in [0.1, 0.15) is 0 Å². The number of likely N-dealkylation sites (tertiary alicyclic amines) is 1. The molecule has 3 aliphatic heterocycles. The van der Waals surface area contributed by atoms with Gasteiger partial charge >= 0.3 is 0 Å². The Labute approximate surface area is 189 Å².